The highest BCUT2D eigenvalue weighted by Gasteiger charge is 2.29. The molecule has 2 aliphatic rings. The first kappa shape index (κ1) is 21.6. The summed E-state index contributed by atoms with van der Waals surface area (Å²) in [6.07, 6.45) is 2.10. The molecule has 1 aliphatic carbocycles. The maximum Gasteiger partial charge on any atom is 0.243 e. The van der Waals surface area contributed by atoms with Gasteiger partial charge in [-0.15, -0.1) is 0 Å². The van der Waals surface area contributed by atoms with Gasteiger partial charge in [-0.3, -0.25) is 0 Å². The summed E-state index contributed by atoms with van der Waals surface area (Å²) in [6.45, 7) is 6.04. The van der Waals surface area contributed by atoms with Crippen LogP contribution >= 0.6 is 11.6 Å². The Balaban J connectivity index is 1.59. The van der Waals surface area contributed by atoms with E-state index in [1.807, 2.05) is 0 Å². The van der Waals surface area contributed by atoms with Gasteiger partial charge in [-0.2, -0.15) is 0 Å². The maximum atomic E-state index is 14.2. The molecule has 0 saturated carbocycles. The molecule has 1 aliphatic heterocycles. The van der Waals surface area contributed by atoms with Gasteiger partial charge < -0.3 is 9.80 Å². The Morgan fingerprint density at radius 2 is 1.83 bits per heavy atom. The van der Waals surface area contributed by atoms with Crippen LogP contribution in [0, 0.1) is 12.7 Å². The van der Waals surface area contributed by atoms with Crippen LogP contribution in [0.2, 0.25) is 5.02 Å². The van der Waals surface area contributed by atoms with Crippen molar-refractivity contribution in [3.8, 4) is 0 Å². The van der Waals surface area contributed by atoms with Crippen molar-refractivity contribution in [2.24, 2.45) is 0 Å². The van der Waals surface area contributed by atoms with E-state index in [0.29, 0.717) is 12.8 Å². The van der Waals surface area contributed by atoms with Gasteiger partial charge in [-0.25, -0.2) is 17.5 Å². The Hall–Kier alpha value is -1.67. The molecule has 0 amide bonds. The van der Waals surface area contributed by atoms with Crippen molar-refractivity contribution in [3.05, 3.63) is 57.9 Å². The molecule has 0 aromatic heterocycles. The van der Waals surface area contributed by atoms with Crippen LogP contribution in [0.1, 0.15) is 23.1 Å². The lowest BCUT2D eigenvalue weighted by Crippen LogP contribution is -2.45. The number of hydrogen-bond acceptors (Lipinski definition) is 4. The Kier molecular flexibility index (Phi) is 6.08. The molecular formula is C22H27ClFN3O2S. The van der Waals surface area contributed by atoms with Crippen molar-refractivity contribution >= 4 is 27.3 Å². The lowest BCUT2D eigenvalue weighted by Gasteiger charge is -2.37. The van der Waals surface area contributed by atoms with Crippen molar-refractivity contribution in [1.82, 2.24) is 9.62 Å². The number of nitrogens with one attached hydrogen (secondary N) is 1. The number of hydrogen-bond donors (Lipinski definition) is 1. The summed E-state index contributed by atoms with van der Waals surface area (Å²) in [5.41, 5.74) is 4.98. The summed E-state index contributed by atoms with van der Waals surface area (Å²) in [5, 5.41) is 0.172. The first-order valence-electron chi connectivity index (χ1n) is 10.3. The van der Waals surface area contributed by atoms with Gasteiger partial charge >= 0.3 is 0 Å². The molecule has 0 radical (unpaired) electrons. The first-order chi connectivity index (χ1) is 14.2. The van der Waals surface area contributed by atoms with E-state index in [1.165, 1.54) is 34.5 Å². The number of piperazine rings is 1. The van der Waals surface area contributed by atoms with Gasteiger partial charge in [-0.05, 0) is 74.2 Å². The molecule has 1 N–H and O–H groups in total. The van der Waals surface area contributed by atoms with Gasteiger partial charge in [-0.1, -0.05) is 17.7 Å². The second kappa shape index (κ2) is 8.46. The second-order valence-corrected chi connectivity index (χ2v) is 10.4. The van der Waals surface area contributed by atoms with Crippen LogP contribution in [0.5, 0.6) is 0 Å². The zero-order chi connectivity index (χ0) is 21.5. The highest BCUT2D eigenvalue weighted by Crippen LogP contribution is 2.34. The molecule has 4 rings (SSSR count). The number of benzene rings is 2. The van der Waals surface area contributed by atoms with Gasteiger partial charge in [0.1, 0.15) is 10.7 Å². The summed E-state index contributed by atoms with van der Waals surface area (Å²) >= 11 is 5.77. The van der Waals surface area contributed by atoms with Crippen LogP contribution in [0.25, 0.3) is 0 Å². The number of likely N-dealkylation sites (N-methyl/N-ethyl adjacent to an activating group) is 1. The highest BCUT2D eigenvalue weighted by atomic mass is 35.5. The van der Waals surface area contributed by atoms with E-state index in [1.54, 1.807) is 0 Å². The normalized spacial score (nSPS) is 20.3. The average Bonchev–Trinajstić information content (AvgIpc) is 2.68. The van der Waals surface area contributed by atoms with E-state index in [2.05, 4.69) is 40.6 Å². The zero-order valence-corrected chi connectivity index (χ0v) is 18.9. The average molecular weight is 452 g/mol. The van der Waals surface area contributed by atoms with E-state index >= 15 is 0 Å². The number of sulfonamides is 1. The molecule has 162 valence electrons. The van der Waals surface area contributed by atoms with Gasteiger partial charge in [0.05, 0.1) is 0 Å². The number of halogens is 2. The third-order valence-electron chi connectivity index (χ3n) is 6.18. The van der Waals surface area contributed by atoms with Crippen LogP contribution in [-0.4, -0.2) is 52.6 Å². The van der Waals surface area contributed by atoms with E-state index in [0.717, 1.165) is 38.7 Å². The molecule has 2 aromatic carbocycles. The first-order valence-corrected chi connectivity index (χ1v) is 12.1. The molecule has 0 bridgehead atoms. The van der Waals surface area contributed by atoms with Crippen molar-refractivity contribution in [3.63, 3.8) is 0 Å². The van der Waals surface area contributed by atoms with Gasteiger partial charge in [0.25, 0.3) is 0 Å². The van der Waals surface area contributed by atoms with E-state index in [9.17, 15) is 12.8 Å². The number of nitrogens with zero attached hydrogens (tertiary/aromatic N) is 2. The Bertz CT molecular complexity index is 1050. The standard InChI is InChI=1S/C22H27ClFN3O2S/c1-15-3-7-21(27-11-9-26(2)10-12-27)19-14-17(5-6-18(15)19)25-30(28,29)22-8-4-16(23)13-20(22)24/h3-4,7-8,13,17,25H,5-6,9-12,14H2,1-2H3/t17-/m1/s1. The number of fused-ring (bicyclic) bond motifs is 1. The van der Waals surface area contributed by atoms with Gasteiger partial charge in [0.2, 0.25) is 10.0 Å². The maximum absolute atomic E-state index is 14.2. The van der Waals surface area contributed by atoms with Crippen molar-refractivity contribution < 1.29 is 12.8 Å². The molecule has 1 heterocycles. The van der Waals surface area contributed by atoms with E-state index in [4.69, 9.17) is 11.6 Å². The minimum absolute atomic E-state index is 0.172. The van der Waals surface area contributed by atoms with Crippen LogP contribution in [0.4, 0.5) is 10.1 Å². The monoisotopic (exact) mass is 451 g/mol. The number of aryl methyl sites for hydroxylation is 1. The SMILES string of the molecule is Cc1ccc(N2CCN(C)CC2)c2c1CC[C@@H](NS(=O)(=O)c1ccc(Cl)cc1F)C2. The summed E-state index contributed by atoms with van der Waals surface area (Å²) in [4.78, 5) is 4.35. The molecule has 1 atom stereocenters. The Labute approximate surface area is 182 Å². The molecule has 0 spiro atoms. The van der Waals surface area contributed by atoms with Gasteiger partial charge in [0, 0.05) is 42.9 Å². The Morgan fingerprint density at radius 1 is 1.10 bits per heavy atom. The molecule has 5 nitrogen and oxygen atoms in total. The third kappa shape index (κ3) is 4.35. The summed E-state index contributed by atoms with van der Waals surface area (Å²) in [7, 11) is -1.84. The van der Waals surface area contributed by atoms with E-state index < -0.39 is 15.8 Å². The summed E-state index contributed by atoms with van der Waals surface area (Å²) < 4.78 is 42.6. The highest BCUT2D eigenvalue weighted by molar-refractivity contribution is 7.89. The van der Waals surface area contributed by atoms with Crippen molar-refractivity contribution in [2.45, 2.75) is 37.1 Å². The van der Waals surface area contributed by atoms with Gasteiger partial charge in [0.15, 0.2) is 0 Å². The summed E-state index contributed by atoms with van der Waals surface area (Å²) in [6, 6.07) is 7.70. The second-order valence-electron chi connectivity index (χ2n) is 8.28. The summed E-state index contributed by atoms with van der Waals surface area (Å²) in [5.74, 6) is -0.833. The molecule has 0 unspecified atom stereocenters. The minimum atomic E-state index is -3.97. The minimum Gasteiger partial charge on any atom is -0.369 e. The largest absolute Gasteiger partial charge is 0.369 e. The molecule has 8 heteroatoms. The van der Waals surface area contributed by atoms with Crippen LogP contribution < -0.4 is 9.62 Å². The predicted molar refractivity (Wildman–Crippen MR) is 118 cm³/mol. The smallest absolute Gasteiger partial charge is 0.243 e. The van der Waals surface area contributed by atoms with Crippen LogP contribution in [-0.2, 0) is 22.9 Å². The molecule has 1 fully saturated rings. The predicted octanol–water partition coefficient (Wildman–Crippen LogP) is 3.38. The third-order valence-corrected chi connectivity index (χ3v) is 7.97. The van der Waals surface area contributed by atoms with Crippen LogP contribution in [0.15, 0.2) is 35.2 Å². The molecule has 2 aromatic rings. The fourth-order valence-electron chi connectivity index (χ4n) is 4.46. The molecular weight excluding hydrogens is 425 g/mol. The number of anilines is 1. The van der Waals surface area contributed by atoms with E-state index in [-0.39, 0.29) is 16.0 Å². The fourth-order valence-corrected chi connectivity index (χ4v) is 5.95. The lowest BCUT2D eigenvalue weighted by atomic mass is 9.84. The topological polar surface area (TPSA) is 52.6 Å². The Morgan fingerprint density at radius 3 is 2.53 bits per heavy atom. The zero-order valence-electron chi connectivity index (χ0n) is 17.3. The van der Waals surface area contributed by atoms with Crippen LogP contribution in [0.3, 0.4) is 0 Å². The van der Waals surface area contributed by atoms with Crippen molar-refractivity contribution in [2.75, 3.05) is 38.1 Å². The lowest BCUT2D eigenvalue weighted by molar-refractivity contribution is 0.312. The quantitative estimate of drug-likeness (QED) is 0.774. The van der Waals surface area contributed by atoms with Crippen molar-refractivity contribution in [1.29, 1.82) is 0 Å². The molecule has 1 saturated heterocycles. The number of rotatable bonds is 4. The fraction of sp³-hybridized carbons (Fsp3) is 0.455. The molecule has 30 heavy (non-hydrogen) atoms.